The highest BCUT2D eigenvalue weighted by Gasteiger charge is 2.38. The van der Waals surface area contributed by atoms with Crippen LogP contribution in [-0.4, -0.2) is 35.4 Å². The minimum absolute atomic E-state index is 0.0189. The molecule has 1 fully saturated rings. The minimum atomic E-state index is -4.15. The van der Waals surface area contributed by atoms with E-state index in [1.807, 2.05) is 11.4 Å². The van der Waals surface area contributed by atoms with Crippen LogP contribution in [0.5, 0.6) is 0 Å². The van der Waals surface area contributed by atoms with E-state index in [1.165, 1.54) is 16.2 Å². The van der Waals surface area contributed by atoms with Crippen LogP contribution in [-0.2, 0) is 6.54 Å². The quantitative estimate of drug-likeness (QED) is 0.845. The average Bonchev–Trinajstić information content (AvgIpc) is 3.10. The molecule has 2 rings (SSSR count). The maximum atomic E-state index is 12.5. The fourth-order valence-electron chi connectivity index (χ4n) is 1.93. The molecule has 2 nitrogen and oxygen atoms in total. The first kappa shape index (κ1) is 15.4. The van der Waals surface area contributed by atoms with Crippen molar-refractivity contribution in [3.8, 4) is 11.8 Å². The summed E-state index contributed by atoms with van der Waals surface area (Å²) in [5.41, 5.74) is 0.807. The first-order chi connectivity index (χ1) is 9.48. The summed E-state index contributed by atoms with van der Waals surface area (Å²) in [4.78, 5) is 2.39. The maximum Gasteiger partial charge on any atom is 0.401 e. The van der Waals surface area contributed by atoms with E-state index in [0.29, 0.717) is 13.0 Å². The van der Waals surface area contributed by atoms with E-state index in [2.05, 4.69) is 11.8 Å². The lowest BCUT2D eigenvalue weighted by Crippen LogP contribution is -2.35. The Bertz CT molecular complexity index is 496. The van der Waals surface area contributed by atoms with Crippen LogP contribution in [0, 0.1) is 11.8 Å². The SMILES string of the molecule is OCCC#Cc1csc(CN(CC(F)(F)F)C2CC2)c1. The Morgan fingerprint density at radius 3 is 2.75 bits per heavy atom. The van der Waals surface area contributed by atoms with Crippen LogP contribution in [0.2, 0.25) is 0 Å². The van der Waals surface area contributed by atoms with Crippen LogP contribution < -0.4 is 0 Å². The molecule has 110 valence electrons. The minimum Gasteiger partial charge on any atom is -0.395 e. The van der Waals surface area contributed by atoms with Crippen molar-refractivity contribution >= 4 is 11.3 Å². The van der Waals surface area contributed by atoms with Gasteiger partial charge in [0.1, 0.15) is 0 Å². The highest BCUT2D eigenvalue weighted by atomic mass is 32.1. The molecule has 20 heavy (non-hydrogen) atoms. The molecule has 0 spiro atoms. The monoisotopic (exact) mass is 303 g/mol. The molecule has 1 aliphatic carbocycles. The zero-order valence-corrected chi connectivity index (χ0v) is 11.7. The van der Waals surface area contributed by atoms with Crippen molar-refractivity contribution in [2.24, 2.45) is 0 Å². The number of hydrogen-bond donors (Lipinski definition) is 1. The van der Waals surface area contributed by atoms with Gasteiger partial charge >= 0.3 is 6.18 Å². The second kappa shape index (κ2) is 6.61. The first-order valence-electron chi connectivity index (χ1n) is 6.46. The Labute approximate surface area is 120 Å². The summed E-state index contributed by atoms with van der Waals surface area (Å²) in [6.45, 7) is -0.497. The Kier molecular flexibility index (Phi) is 5.08. The zero-order valence-electron chi connectivity index (χ0n) is 10.9. The highest BCUT2D eigenvalue weighted by Crippen LogP contribution is 2.32. The Morgan fingerprint density at radius 2 is 2.15 bits per heavy atom. The van der Waals surface area contributed by atoms with Crippen molar-refractivity contribution in [1.29, 1.82) is 0 Å². The van der Waals surface area contributed by atoms with Gasteiger partial charge in [0.25, 0.3) is 0 Å². The van der Waals surface area contributed by atoms with E-state index in [9.17, 15) is 13.2 Å². The molecular weight excluding hydrogens is 287 g/mol. The summed E-state index contributed by atoms with van der Waals surface area (Å²) in [5, 5.41) is 10.5. The normalized spacial score (nSPS) is 15.2. The van der Waals surface area contributed by atoms with E-state index in [1.54, 1.807) is 0 Å². The molecule has 0 bridgehead atoms. The lowest BCUT2D eigenvalue weighted by atomic mass is 10.3. The van der Waals surface area contributed by atoms with Gasteiger partial charge in [0.05, 0.1) is 13.2 Å². The third-order valence-corrected chi connectivity index (χ3v) is 3.85. The number of halogens is 3. The van der Waals surface area contributed by atoms with Crippen LogP contribution in [0.4, 0.5) is 13.2 Å². The molecule has 0 saturated heterocycles. The molecule has 0 unspecified atom stereocenters. The average molecular weight is 303 g/mol. The van der Waals surface area contributed by atoms with Crippen molar-refractivity contribution in [2.75, 3.05) is 13.2 Å². The maximum absolute atomic E-state index is 12.5. The van der Waals surface area contributed by atoms with E-state index < -0.39 is 12.7 Å². The second-order valence-corrected chi connectivity index (χ2v) is 5.82. The van der Waals surface area contributed by atoms with E-state index >= 15 is 0 Å². The third kappa shape index (κ3) is 5.16. The largest absolute Gasteiger partial charge is 0.401 e. The van der Waals surface area contributed by atoms with Gasteiger partial charge in [-0.2, -0.15) is 13.2 Å². The summed E-state index contributed by atoms with van der Waals surface area (Å²) < 4.78 is 37.6. The Balaban J connectivity index is 1.95. The predicted molar refractivity (Wildman–Crippen MR) is 72.4 cm³/mol. The van der Waals surface area contributed by atoms with Gasteiger partial charge in [-0.15, -0.1) is 11.3 Å². The summed E-state index contributed by atoms with van der Waals surface area (Å²) in [7, 11) is 0. The summed E-state index contributed by atoms with van der Waals surface area (Å²) in [6.07, 6.45) is -2.04. The number of rotatable bonds is 5. The second-order valence-electron chi connectivity index (χ2n) is 4.83. The molecule has 1 aromatic heterocycles. The Morgan fingerprint density at radius 1 is 1.40 bits per heavy atom. The number of aliphatic hydroxyl groups is 1. The van der Waals surface area contributed by atoms with Gasteiger partial charge in [0.2, 0.25) is 0 Å². The summed E-state index contributed by atoms with van der Waals surface area (Å²) in [5.74, 6) is 5.70. The van der Waals surface area contributed by atoms with Crippen LogP contribution in [0.15, 0.2) is 11.4 Å². The fourth-order valence-corrected chi connectivity index (χ4v) is 2.77. The number of aliphatic hydroxyl groups excluding tert-OH is 1. The van der Waals surface area contributed by atoms with E-state index in [-0.39, 0.29) is 12.6 Å². The standard InChI is InChI=1S/C14H16F3NOS/c15-14(16,17)10-18(12-4-5-12)8-13-7-11(9-20-13)3-1-2-6-19/h7,9,12,19H,2,4-6,8,10H2. The van der Waals surface area contributed by atoms with Crippen molar-refractivity contribution < 1.29 is 18.3 Å². The topological polar surface area (TPSA) is 23.5 Å². The molecule has 0 aromatic carbocycles. The van der Waals surface area contributed by atoms with Gasteiger partial charge in [0, 0.05) is 34.8 Å². The molecule has 0 amide bonds. The molecule has 1 saturated carbocycles. The number of nitrogens with zero attached hydrogens (tertiary/aromatic N) is 1. The molecule has 0 aliphatic heterocycles. The third-order valence-electron chi connectivity index (χ3n) is 2.93. The van der Waals surface area contributed by atoms with Crippen LogP contribution in [0.25, 0.3) is 0 Å². The molecule has 1 heterocycles. The lowest BCUT2D eigenvalue weighted by molar-refractivity contribution is -0.148. The molecule has 1 aliphatic rings. The van der Waals surface area contributed by atoms with Crippen molar-refractivity contribution in [1.82, 2.24) is 4.90 Å². The Hall–Kier alpha value is -1.03. The summed E-state index contributed by atoms with van der Waals surface area (Å²) >= 11 is 1.43. The molecule has 1 N–H and O–H groups in total. The zero-order chi connectivity index (χ0) is 14.6. The van der Waals surface area contributed by atoms with Gasteiger partial charge in [-0.05, 0) is 18.9 Å². The van der Waals surface area contributed by atoms with Crippen LogP contribution in [0.1, 0.15) is 29.7 Å². The van der Waals surface area contributed by atoms with Crippen molar-refractivity contribution in [2.45, 2.75) is 38.0 Å². The van der Waals surface area contributed by atoms with Gasteiger partial charge in [0.15, 0.2) is 0 Å². The first-order valence-corrected chi connectivity index (χ1v) is 7.34. The van der Waals surface area contributed by atoms with Crippen molar-refractivity contribution in [3.63, 3.8) is 0 Å². The molecule has 1 aromatic rings. The lowest BCUT2D eigenvalue weighted by Gasteiger charge is -2.22. The highest BCUT2D eigenvalue weighted by molar-refractivity contribution is 7.10. The number of alkyl halides is 3. The predicted octanol–water partition coefficient (Wildman–Crippen LogP) is 3.01. The fraction of sp³-hybridized carbons (Fsp3) is 0.571. The molecule has 6 heteroatoms. The van der Waals surface area contributed by atoms with Gasteiger partial charge in [-0.3, -0.25) is 4.90 Å². The van der Waals surface area contributed by atoms with Crippen molar-refractivity contribution in [3.05, 3.63) is 21.9 Å². The van der Waals surface area contributed by atoms with Gasteiger partial charge in [-0.25, -0.2) is 0 Å². The number of hydrogen-bond acceptors (Lipinski definition) is 3. The molecule has 0 radical (unpaired) electrons. The van der Waals surface area contributed by atoms with E-state index in [4.69, 9.17) is 5.11 Å². The van der Waals surface area contributed by atoms with Crippen LogP contribution >= 0.6 is 11.3 Å². The smallest absolute Gasteiger partial charge is 0.395 e. The summed E-state index contributed by atoms with van der Waals surface area (Å²) in [6, 6.07) is 1.91. The molecular formula is C14H16F3NOS. The van der Waals surface area contributed by atoms with Gasteiger partial charge < -0.3 is 5.11 Å². The molecule has 0 atom stereocenters. The van der Waals surface area contributed by atoms with Crippen LogP contribution in [0.3, 0.4) is 0 Å². The van der Waals surface area contributed by atoms with E-state index in [0.717, 1.165) is 23.3 Å². The van der Waals surface area contributed by atoms with Gasteiger partial charge in [-0.1, -0.05) is 11.8 Å². The number of thiophene rings is 1.